The first-order chi connectivity index (χ1) is 4.70. The van der Waals surface area contributed by atoms with Gasteiger partial charge in [-0.3, -0.25) is 0 Å². The van der Waals surface area contributed by atoms with E-state index in [4.69, 9.17) is 7.49 Å². The van der Waals surface area contributed by atoms with Gasteiger partial charge >= 0.3 is 62.2 Å². The molecule has 0 saturated heterocycles. The van der Waals surface area contributed by atoms with Crippen molar-refractivity contribution in [2.75, 3.05) is 0 Å². The predicted octanol–water partition coefficient (Wildman–Crippen LogP) is 1.70. The summed E-state index contributed by atoms with van der Waals surface area (Å²) >= 11 is 0. The number of hydrogen-bond acceptors (Lipinski definition) is 0. The molecule has 0 aromatic heterocycles. The quantitative estimate of drug-likeness (QED) is 0.506. The van der Waals surface area contributed by atoms with Crippen LogP contribution in [0.4, 0.5) is 0 Å². The molecule has 0 aliphatic heterocycles. The van der Waals surface area contributed by atoms with Crippen molar-refractivity contribution in [3.63, 3.8) is 0 Å². The van der Waals surface area contributed by atoms with E-state index < -0.39 is 0 Å². The van der Waals surface area contributed by atoms with E-state index in [0.717, 1.165) is 11.0 Å². The van der Waals surface area contributed by atoms with E-state index in [2.05, 4.69) is 19.1 Å². The molecular weight excluding hydrogens is 119 g/mol. The summed E-state index contributed by atoms with van der Waals surface area (Å²) in [5, 5.41) is 0. The summed E-state index contributed by atoms with van der Waals surface area (Å²) in [4.78, 5) is 0. The normalized spacial score (nSPS) is 9.30. The van der Waals surface area contributed by atoms with Crippen molar-refractivity contribution >= 4 is 13.0 Å². The maximum absolute atomic E-state index is 5.58. The van der Waals surface area contributed by atoms with Gasteiger partial charge in [-0.1, -0.05) is 0 Å². The summed E-state index contributed by atoms with van der Waals surface area (Å²) in [6.07, 6.45) is 0. The fourth-order valence-electron chi connectivity index (χ4n) is 0.816. The molecule has 0 unspecified atom stereocenters. The first kappa shape index (κ1) is 7.26. The van der Waals surface area contributed by atoms with Crippen LogP contribution in [0.25, 0.3) is 0 Å². The Morgan fingerprint density at radius 1 is 1.20 bits per heavy atom. The molecule has 0 aliphatic carbocycles. The van der Waals surface area contributed by atoms with Crippen molar-refractivity contribution in [2.45, 2.75) is 13.8 Å². The van der Waals surface area contributed by atoms with Gasteiger partial charge in [-0.25, -0.2) is 0 Å². The Balaban J connectivity index is 3.00. The molecule has 1 rings (SSSR count). The van der Waals surface area contributed by atoms with E-state index >= 15 is 0 Å². The van der Waals surface area contributed by atoms with Crippen molar-refractivity contribution in [2.24, 2.45) is 0 Å². The zero-order valence-electron chi connectivity index (χ0n) is 6.39. The molecule has 1 aromatic carbocycles. The van der Waals surface area contributed by atoms with Gasteiger partial charge in [0.25, 0.3) is 0 Å². The van der Waals surface area contributed by atoms with Gasteiger partial charge in [0.15, 0.2) is 0 Å². The van der Waals surface area contributed by atoms with Gasteiger partial charge in [0.2, 0.25) is 0 Å². The minimum atomic E-state index is 0.875. The fraction of sp³-hybridized carbons (Fsp3) is 0.222. The maximum atomic E-state index is 5.58. The van der Waals surface area contributed by atoms with Crippen LogP contribution in [0.1, 0.15) is 18.1 Å². The summed E-state index contributed by atoms with van der Waals surface area (Å²) < 4.78 is 0. The third-order valence-corrected chi connectivity index (χ3v) is 1.51. The fourth-order valence-corrected chi connectivity index (χ4v) is 0.816. The Hall–Kier alpha value is -0.845. The average Bonchev–Trinajstić information content (AvgIpc) is 1.88. The van der Waals surface area contributed by atoms with Crippen LogP contribution in [0.5, 0.6) is 0 Å². The zero-order chi connectivity index (χ0) is 7.56. The van der Waals surface area contributed by atoms with Crippen LogP contribution in [-0.4, -0.2) is 13.0 Å². The van der Waals surface area contributed by atoms with Gasteiger partial charge in [0, 0.05) is 0 Å². The molecule has 0 amide bonds. The van der Waals surface area contributed by atoms with E-state index in [0.29, 0.717) is 0 Å². The molecule has 0 spiro atoms. The van der Waals surface area contributed by atoms with Crippen molar-refractivity contribution in [3.05, 3.63) is 35.4 Å². The minimum absolute atomic E-state index is 0.875. The Morgan fingerprint density at radius 2 is 1.70 bits per heavy atom. The van der Waals surface area contributed by atoms with E-state index in [-0.39, 0.29) is 0 Å². The van der Waals surface area contributed by atoms with E-state index in [1.807, 2.05) is 19.1 Å². The van der Waals surface area contributed by atoms with Gasteiger partial charge in [-0.2, -0.15) is 0 Å². The summed E-state index contributed by atoms with van der Waals surface area (Å²) in [6.45, 7) is 3.97. The summed E-state index contributed by atoms with van der Waals surface area (Å²) in [5.74, 6) is 0. The summed E-state index contributed by atoms with van der Waals surface area (Å²) in [6, 6.07) is 8.19. The SMILES string of the molecule is [B]=C(C)c1ccc(C)cc1. The molecule has 0 bridgehead atoms. The third kappa shape index (κ3) is 1.57. The van der Waals surface area contributed by atoms with E-state index in [1.165, 1.54) is 5.56 Å². The molecule has 0 atom stereocenters. The van der Waals surface area contributed by atoms with Gasteiger partial charge in [-0.05, 0) is 0 Å². The van der Waals surface area contributed by atoms with Crippen LogP contribution in [0.2, 0.25) is 0 Å². The monoisotopic (exact) mass is 129 g/mol. The Morgan fingerprint density at radius 3 is 2.10 bits per heavy atom. The van der Waals surface area contributed by atoms with Crippen molar-refractivity contribution < 1.29 is 0 Å². The van der Waals surface area contributed by atoms with Crippen LogP contribution in [-0.2, 0) is 0 Å². The molecule has 0 fully saturated rings. The molecular formula is C9H10B. The number of aryl methyl sites for hydroxylation is 1. The van der Waals surface area contributed by atoms with Gasteiger partial charge in [-0.15, -0.1) is 0 Å². The number of benzene rings is 1. The van der Waals surface area contributed by atoms with Crippen LogP contribution < -0.4 is 0 Å². The Bertz CT molecular complexity index is 233. The zero-order valence-corrected chi connectivity index (χ0v) is 6.39. The third-order valence-electron chi connectivity index (χ3n) is 1.51. The van der Waals surface area contributed by atoms with Gasteiger partial charge in [0.1, 0.15) is 0 Å². The summed E-state index contributed by atoms with van der Waals surface area (Å²) in [5.41, 5.74) is 3.26. The molecule has 0 saturated carbocycles. The molecule has 0 nitrogen and oxygen atoms in total. The van der Waals surface area contributed by atoms with Crippen molar-refractivity contribution in [1.29, 1.82) is 0 Å². The predicted molar refractivity (Wildman–Crippen MR) is 46.7 cm³/mol. The molecule has 1 radical (unpaired) electrons. The molecule has 1 aromatic rings. The molecule has 49 valence electrons. The van der Waals surface area contributed by atoms with Crippen LogP contribution >= 0.6 is 0 Å². The second-order valence-corrected chi connectivity index (χ2v) is 2.55. The van der Waals surface area contributed by atoms with Crippen LogP contribution in [0.15, 0.2) is 24.3 Å². The molecule has 10 heavy (non-hydrogen) atoms. The van der Waals surface area contributed by atoms with E-state index in [1.54, 1.807) is 0 Å². The van der Waals surface area contributed by atoms with Crippen LogP contribution in [0.3, 0.4) is 0 Å². The van der Waals surface area contributed by atoms with E-state index in [9.17, 15) is 0 Å². The second kappa shape index (κ2) is 2.83. The topological polar surface area (TPSA) is 0 Å². The van der Waals surface area contributed by atoms with Gasteiger partial charge < -0.3 is 0 Å². The second-order valence-electron chi connectivity index (χ2n) is 2.55. The Labute approximate surface area is 63.0 Å². The van der Waals surface area contributed by atoms with Crippen LogP contribution in [0, 0.1) is 6.92 Å². The standard InChI is InChI=1S/C9H10B/c1-7-3-5-9(6-4-7)8(2)10/h3-6H,1-2H3. The number of hydrogen-bond donors (Lipinski definition) is 0. The Kier molecular flexibility index (Phi) is 2.05. The van der Waals surface area contributed by atoms with Crippen molar-refractivity contribution in [3.8, 4) is 0 Å². The number of rotatable bonds is 1. The molecule has 0 aliphatic rings. The summed E-state index contributed by atoms with van der Waals surface area (Å²) in [7, 11) is 5.58. The first-order valence-electron chi connectivity index (χ1n) is 3.36. The average molecular weight is 129 g/mol. The molecule has 1 heteroatoms. The molecule has 0 heterocycles. The molecule has 0 N–H and O–H groups in total. The first-order valence-corrected chi connectivity index (χ1v) is 3.36. The van der Waals surface area contributed by atoms with Gasteiger partial charge in [0.05, 0.1) is 0 Å². The van der Waals surface area contributed by atoms with Crippen molar-refractivity contribution in [1.82, 2.24) is 0 Å².